The fourth-order valence-electron chi connectivity index (χ4n) is 11.0. The van der Waals surface area contributed by atoms with Crippen molar-refractivity contribution in [1.82, 2.24) is 9.97 Å². The standard InChI is InChI=1S/C65H40N2O/c1-39-43(22-10-23-44(39)41-29-33-55-57-26-12-34-66-63(57)56-21-9-8-17-49(56)48-16-4-7-20-52(48)62(55)37-41)40-28-31-53-54-32-30-42(45-24-11-25-58-59-27-13-35-67-65(59)68-64(45)58)38-61(54)51-19-6-3-15-47(51)46-14-2-5-18-50(46)60(53)36-40/h2-38H,1H3/i1D3. The van der Waals surface area contributed by atoms with Crippen LogP contribution in [-0.4, -0.2) is 9.97 Å². The van der Waals surface area contributed by atoms with E-state index in [9.17, 15) is 4.11 Å². The Hall–Kier alpha value is -8.92. The lowest BCUT2D eigenvalue weighted by Crippen LogP contribution is -1.99. The minimum Gasteiger partial charge on any atom is -0.437 e. The van der Waals surface area contributed by atoms with Gasteiger partial charge in [0.25, 0.3) is 0 Å². The van der Waals surface area contributed by atoms with Crippen molar-refractivity contribution in [2.75, 3.05) is 0 Å². The van der Waals surface area contributed by atoms with Gasteiger partial charge in [-0.3, -0.25) is 4.98 Å². The van der Waals surface area contributed by atoms with Gasteiger partial charge in [0.05, 0.1) is 5.69 Å². The Morgan fingerprint density at radius 2 is 0.691 bits per heavy atom. The first-order chi connectivity index (χ1) is 34.9. The fourth-order valence-corrected chi connectivity index (χ4v) is 11.0. The molecule has 3 heteroatoms. The van der Waals surface area contributed by atoms with Crippen molar-refractivity contribution in [3.63, 3.8) is 0 Å². The third kappa shape index (κ3) is 5.79. The zero-order valence-electron chi connectivity index (χ0n) is 39.7. The number of para-hydroxylation sites is 1. The largest absolute Gasteiger partial charge is 0.437 e. The number of benzene rings is 9. The monoisotopic (exact) mass is 867 g/mol. The molecule has 0 radical (unpaired) electrons. The molecule has 0 aliphatic heterocycles. The van der Waals surface area contributed by atoms with E-state index in [0.717, 1.165) is 128 Å². The SMILES string of the molecule is [2H]C([2H])([2H])c1c(-c2ccc3c(c2)-c2ccccc2-c2ccccc2-c2cc(-c4cccc5c4oc4ncccc45)ccc2-3)cccc1-c1ccc2c(c1)-c1ccccc1-c1ccccc1-c1ncccc1-2. The molecule has 0 amide bonds. The number of nitrogens with zero attached hydrogens (tertiary/aromatic N) is 2. The number of pyridine rings is 2. The van der Waals surface area contributed by atoms with Crippen LogP contribution in [-0.2, 0) is 0 Å². The van der Waals surface area contributed by atoms with Crippen LogP contribution in [0, 0.1) is 6.85 Å². The minimum absolute atomic E-state index is 0.316. The summed E-state index contributed by atoms with van der Waals surface area (Å²) in [4.78, 5) is 9.47. The van der Waals surface area contributed by atoms with Crippen molar-refractivity contribution in [2.45, 2.75) is 6.85 Å². The molecule has 0 saturated heterocycles. The molecular formula is C65H40N2O. The maximum Gasteiger partial charge on any atom is 0.227 e. The lowest BCUT2D eigenvalue weighted by Gasteiger charge is -2.24. The normalized spacial score (nSPS) is 12.7. The zero-order valence-corrected chi connectivity index (χ0v) is 36.7. The summed E-state index contributed by atoms with van der Waals surface area (Å²) in [5.74, 6) is 0. The summed E-state index contributed by atoms with van der Waals surface area (Å²) < 4.78 is 34.1. The van der Waals surface area contributed by atoms with Crippen LogP contribution in [0.2, 0.25) is 0 Å². The van der Waals surface area contributed by atoms with Crippen LogP contribution < -0.4 is 0 Å². The van der Waals surface area contributed by atoms with E-state index in [4.69, 9.17) is 9.40 Å². The average Bonchev–Trinajstić information content (AvgIpc) is 3.81. The van der Waals surface area contributed by atoms with Crippen LogP contribution >= 0.6 is 0 Å². The molecule has 0 saturated carbocycles. The molecule has 9 aromatic carbocycles. The maximum absolute atomic E-state index is 9.24. The van der Waals surface area contributed by atoms with Gasteiger partial charge < -0.3 is 4.42 Å². The van der Waals surface area contributed by atoms with Crippen molar-refractivity contribution < 1.29 is 8.53 Å². The highest BCUT2D eigenvalue weighted by molar-refractivity contribution is 6.10. The third-order valence-electron chi connectivity index (χ3n) is 14.1. The van der Waals surface area contributed by atoms with E-state index in [1.165, 1.54) is 0 Å². The molecule has 0 fully saturated rings. The van der Waals surface area contributed by atoms with Crippen molar-refractivity contribution in [2.24, 2.45) is 0 Å². The van der Waals surface area contributed by atoms with E-state index in [0.29, 0.717) is 22.4 Å². The van der Waals surface area contributed by atoms with E-state index < -0.39 is 6.85 Å². The Bertz CT molecular complexity index is 4180. The molecule has 3 nitrogen and oxygen atoms in total. The van der Waals surface area contributed by atoms with Crippen LogP contribution in [0.5, 0.6) is 0 Å². The minimum atomic E-state index is -2.45. The van der Waals surface area contributed by atoms with Gasteiger partial charge in [-0.15, -0.1) is 0 Å². The van der Waals surface area contributed by atoms with Gasteiger partial charge in [0.15, 0.2) is 0 Å². The van der Waals surface area contributed by atoms with Gasteiger partial charge in [-0.2, -0.15) is 0 Å². The fraction of sp³-hybridized carbons (Fsp3) is 0.0154. The summed E-state index contributed by atoms with van der Waals surface area (Å²) in [6.07, 6.45) is 3.62. The van der Waals surface area contributed by atoms with Crippen LogP contribution in [0.1, 0.15) is 9.68 Å². The molecule has 12 aromatic rings. The second-order valence-corrected chi connectivity index (χ2v) is 17.7. The highest BCUT2D eigenvalue weighted by atomic mass is 16.3. The first-order valence-corrected chi connectivity index (χ1v) is 23.0. The first kappa shape index (κ1) is 35.4. The molecule has 68 heavy (non-hydrogen) atoms. The Morgan fingerprint density at radius 1 is 0.309 bits per heavy atom. The Morgan fingerprint density at radius 3 is 1.25 bits per heavy atom. The summed E-state index contributed by atoms with van der Waals surface area (Å²) in [6.45, 7) is -2.45. The van der Waals surface area contributed by atoms with E-state index in [2.05, 4.69) is 187 Å². The van der Waals surface area contributed by atoms with Crippen LogP contribution in [0.3, 0.4) is 0 Å². The van der Waals surface area contributed by atoms with Gasteiger partial charge in [-0.25, -0.2) is 4.98 Å². The molecule has 0 N–H and O–H groups in total. The van der Waals surface area contributed by atoms with Crippen LogP contribution in [0.25, 0.3) is 145 Å². The number of furan rings is 1. The topological polar surface area (TPSA) is 38.9 Å². The molecule has 3 heterocycles. The molecule has 0 atom stereocenters. The van der Waals surface area contributed by atoms with Gasteiger partial charge in [0.2, 0.25) is 5.71 Å². The van der Waals surface area contributed by atoms with Gasteiger partial charge in [-0.05, 0) is 149 Å². The van der Waals surface area contributed by atoms with E-state index in [1.54, 1.807) is 6.20 Å². The molecule has 14 rings (SSSR count). The maximum atomic E-state index is 9.24. The Kier molecular flexibility index (Phi) is 7.83. The number of fused-ring (bicyclic) bond motifs is 19. The summed E-state index contributed by atoms with van der Waals surface area (Å²) in [5.41, 5.74) is 23.9. The van der Waals surface area contributed by atoms with Crippen LogP contribution in [0.15, 0.2) is 229 Å². The first-order valence-electron chi connectivity index (χ1n) is 24.5. The molecule has 0 unspecified atom stereocenters. The number of hydrogen-bond acceptors (Lipinski definition) is 3. The van der Waals surface area contributed by atoms with Crippen LogP contribution in [0.4, 0.5) is 0 Å². The number of rotatable bonds is 3. The van der Waals surface area contributed by atoms with Crippen molar-refractivity contribution in [3.8, 4) is 123 Å². The number of hydrogen-bond donors (Lipinski definition) is 0. The molecule has 0 bridgehead atoms. The van der Waals surface area contributed by atoms with E-state index in [-0.39, 0.29) is 0 Å². The molecule has 316 valence electrons. The van der Waals surface area contributed by atoms with Crippen molar-refractivity contribution in [1.29, 1.82) is 0 Å². The Balaban J connectivity index is 0.960. The average molecular weight is 868 g/mol. The summed E-state index contributed by atoms with van der Waals surface area (Å²) >= 11 is 0. The third-order valence-corrected chi connectivity index (χ3v) is 14.1. The van der Waals surface area contributed by atoms with Crippen molar-refractivity contribution >= 4 is 22.1 Å². The smallest absolute Gasteiger partial charge is 0.227 e. The van der Waals surface area contributed by atoms with Gasteiger partial charge in [0, 0.05) is 44.0 Å². The highest BCUT2D eigenvalue weighted by Crippen LogP contribution is 2.52. The second kappa shape index (κ2) is 15.1. The second-order valence-electron chi connectivity index (χ2n) is 17.7. The summed E-state index contributed by atoms with van der Waals surface area (Å²) in [5, 5.41) is 2.02. The lowest BCUT2D eigenvalue weighted by atomic mass is 9.79. The summed E-state index contributed by atoms with van der Waals surface area (Å²) in [6, 6.07) is 74.1. The van der Waals surface area contributed by atoms with Gasteiger partial charge in [-0.1, -0.05) is 176 Å². The van der Waals surface area contributed by atoms with Gasteiger partial charge in [0.1, 0.15) is 5.58 Å². The quantitative estimate of drug-likeness (QED) is 0.178. The molecule has 3 aromatic heterocycles. The molecule has 0 spiro atoms. The Labute approximate surface area is 398 Å². The summed E-state index contributed by atoms with van der Waals surface area (Å²) in [7, 11) is 0. The lowest BCUT2D eigenvalue weighted by molar-refractivity contribution is 0.655. The molecule has 2 aliphatic rings. The predicted octanol–water partition coefficient (Wildman–Crippen LogP) is 17.6. The molecular weight excluding hydrogens is 825 g/mol. The zero-order chi connectivity index (χ0) is 47.4. The predicted molar refractivity (Wildman–Crippen MR) is 281 cm³/mol. The van der Waals surface area contributed by atoms with Crippen molar-refractivity contribution in [3.05, 3.63) is 230 Å². The van der Waals surface area contributed by atoms with Gasteiger partial charge >= 0.3 is 0 Å². The van der Waals surface area contributed by atoms with E-state index >= 15 is 0 Å². The highest BCUT2D eigenvalue weighted by Gasteiger charge is 2.26. The number of aromatic nitrogens is 2. The molecule has 2 aliphatic carbocycles. The van der Waals surface area contributed by atoms with E-state index in [1.807, 2.05) is 36.5 Å².